The summed E-state index contributed by atoms with van der Waals surface area (Å²) in [5.41, 5.74) is 2.84. The van der Waals surface area contributed by atoms with Crippen molar-refractivity contribution < 1.29 is 4.92 Å². The second-order valence-corrected chi connectivity index (χ2v) is 6.72. The van der Waals surface area contributed by atoms with Crippen LogP contribution < -0.4 is 5.32 Å². The highest BCUT2D eigenvalue weighted by Gasteiger charge is 2.27. The van der Waals surface area contributed by atoms with Gasteiger partial charge in [0.15, 0.2) is 0 Å². The van der Waals surface area contributed by atoms with Crippen molar-refractivity contribution in [2.75, 3.05) is 5.32 Å². The van der Waals surface area contributed by atoms with Gasteiger partial charge in [-0.05, 0) is 29.5 Å². The van der Waals surface area contributed by atoms with Crippen LogP contribution in [0.4, 0.5) is 11.6 Å². The summed E-state index contributed by atoms with van der Waals surface area (Å²) in [4.78, 5) is 20.6. The Morgan fingerprint density at radius 3 is 2.88 bits per heavy atom. The van der Waals surface area contributed by atoms with E-state index in [9.17, 15) is 10.1 Å². The zero-order chi connectivity index (χ0) is 18.1. The SMILES string of the molecule is Cc1cccc(C(Nc2nc3sccn3c2[N+](=O)[O-])c2ccccn2)c1. The van der Waals surface area contributed by atoms with Gasteiger partial charge in [0.05, 0.1) is 11.7 Å². The third kappa shape index (κ3) is 2.91. The second-order valence-electron chi connectivity index (χ2n) is 5.84. The molecule has 0 aliphatic heterocycles. The molecule has 0 spiro atoms. The fourth-order valence-corrected chi connectivity index (χ4v) is 3.62. The van der Waals surface area contributed by atoms with Gasteiger partial charge in [0.2, 0.25) is 5.82 Å². The van der Waals surface area contributed by atoms with E-state index in [1.807, 2.05) is 49.4 Å². The number of nitrogens with one attached hydrogen (secondary N) is 1. The van der Waals surface area contributed by atoms with Crippen LogP contribution in [0.1, 0.15) is 22.9 Å². The van der Waals surface area contributed by atoms with E-state index in [4.69, 9.17) is 0 Å². The number of aryl methyl sites for hydroxylation is 1. The molecule has 0 amide bonds. The average Bonchev–Trinajstić information content (AvgIpc) is 3.20. The van der Waals surface area contributed by atoms with E-state index in [0.717, 1.165) is 16.8 Å². The standard InChI is InChI=1S/C18H15N5O2S/c1-12-5-4-6-13(11-12)15(14-7-2-3-8-19-14)20-16-17(23(24)25)22-9-10-26-18(22)21-16/h2-11,15,20H,1H3. The quantitative estimate of drug-likeness (QED) is 0.423. The largest absolute Gasteiger partial charge is 0.372 e. The van der Waals surface area contributed by atoms with Gasteiger partial charge >= 0.3 is 5.82 Å². The summed E-state index contributed by atoms with van der Waals surface area (Å²) in [6.07, 6.45) is 3.36. The van der Waals surface area contributed by atoms with Gasteiger partial charge in [-0.15, -0.1) is 0 Å². The van der Waals surface area contributed by atoms with E-state index in [-0.39, 0.29) is 17.7 Å². The first-order valence-corrected chi connectivity index (χ1v) is 8.85. The van der Waals surface area contributed by atoms with Gasteiger partial charge in [0, 0.05) is 11.6 Å². The van der Waals surface area contributed by atoms with Gasteiger partial charge in [0.25, 0.3) is 4.96 Å². The lowest BCUT2D eigenvalue weighted by Gasteiger charge is -2.18. The summed E-state index contributed by atoms with van der Waals surface area (Å²) in [6.45, 7) is 2.01. The lowest BCUT2D eigenvalue weighted by Crippen LogP contribution is -2.15. The van der Waals surface area contributed by atoms with Crippen LogP contribution >= 0.6 is 11.3 Å². The Bertz CT molecular complexity index is 1070. The first kappa shape index (κ1) is 16.2. The smallest absolute Gasteiger partial charge is 0.358 e. The van der Waals surface area contributed by atoms with Gasteiger partial charge in [-0.25, -0.2) is 0 Å². The number of nitrogens with zero attached hydrogens (tertiary/aromatic N) is 4. The molecule has 0 saturated carbocycles. The molecule has 3 aromatic heterocycles. The molecule has 0 aliphatic rings. The first-order valence-electron chi connectivity index (χ1n) is 7.97. The van der Waals surface area contributed by atoms with Crippen LogP contribution in [0.5, 0.6) is 0 Å². The molecule has 1 atom stereocenters. The Labute approximate surface area is 153 Å². The summed E-state index contributed by atoms with van der Waals surface area (Å²) in [5.74, 6) is 0.161. The van der Waals surface area contributed by atoms with E-state index in [2.05, 4.69) is 15.3 Å². The van der Waals surface area contributed by atoms with Crippen molar-refractivity contribution in [1.82, 2.24) is 14.4 Å². The Morgan fingerprint density at radius 2 is 2.15 bits per heavy atom. The lowest BCUT2D eigenvalue weighted by atomic mass is 10.0. The van der Waals surface area contributed by atoms with Gasteiger partial charge < -0.3 is 15.4 Å². The molecule has 0 aliphatic carbocycles. The van der Waals surface area contributed by atoms with E-state index in [1.165, 1.54) is 15.7 Å². The molecule has 1 N–H and O–H groups in total. The summed E-state index contributed by atoms with van der Waals surface area (Å²) in [6, 6.07) is 13.3. The van der Waals surface area contributed by atoms with Crippen LogP contribution in [0, 0.1) is 17.0 Å². The number of pyridine rings is 1. The van der Waals surface area contributed by atoms with E-state index >= 15 is 0 Å². The number of rotatable bonds is 5. The van der Waals surface area contributed by atoms with Crippen molar-refractivity contribution >= 4 is 27.9 Å². The maximum absolute atomic E-state index is 11.6. The molecule has 0 radical (unpaired) electrons. The monoisotopic (exact) mass is 365 g/mol. The Hall–Kier alpha value is -3.26. The topological polar surface area (TPSA) is 85.4 Å². The number of imidazole rings is 1. The number of aromatic nitrogens is 3. The lowest BCUT2D eigenvalue weighted by molar-refractivity contribution is -0.389. The summed E-state index contributed by atoms with van der Waals surface area (Å²) < 4.78 is 1.48. The minimum Gasteiger partial charge on any atom is -0.358 e. The van der Waals surface area contributed by atoms with Crippen molar-refractivity contribution in [3.8, 4) is 0 Å². The normalized spacial score (nSPS) is 12.2. The fourth-order valence-electron chi connectivity index (χ4n) is 2.91. The summed E-state index contributed by atoms with van der Waals surface area (Å²) in [7, 11) is 0. The Kier molecular flexibility index (Phi) is 4.10. The molecule has 4 aromatic rings. The maximum atomic E-state index is 11.6. The highest BCUT2D eigenvalue weighted by Crippen LogP contribution is 2.33. The Morgan fingerprint density at radius 1 is 1.27 bits per heavy atom. The number of hydrogen-bond donors (Lipinski definition) is 1. The Balaban J connectivity index is 1.82. The maximum Gasteiger partial charge on any atom is 0.372 e. The molecule has 8 heteroatoms. The molecule has 0 fully saturated rings. The summed E-state index contributed by atoms with van der Waals surface area (Å²) >= 11 is 1.35. The van der Waals surface area contributed by atoms with Crippen molar-refractivity contribution in [1.29, 1.82) is 0 Å². The minimum atomic E-state index is -0.416. The van der Waals surface area contributed by atoms with Gasteiger partial charge in [-0.3, -0.25) is 4.98 Å². The van der Waals surface area contributed by atoms with Crippen molar-refractivity contribution in [3.63, 3.8) is 0 Å². The molecular weight excluding hydrogens is 350 g/mol. The van der Waals surface area contributed by atoms with Crippen molar-refractivity contribution in [3.05, 3.63) is 87.2 Å². The van der Waals surface area contributed by atoms with Gasteiger partial charge in [-0.2, -0.15) is 9.38 Å². The molecule has 3 heterocycles. The molecule has 4 rings (SSSR count). The number of hydrogen-bond acceptors (Lipinski definition) is 6. The van der Waals surface area contributed by atoms with Crippen LogP contribution in [-0.2, 0) is 0 Å². The zero-order valence-electron chi connectivity index (χ0n) is 13.9. The third-order valence-corrected chi connectivity index (χ3v) is 4.81. The van der Waals surface area contributed by atoms with Crippen LogP contribution in [0.15, 0.2) is 60.2 Å². The molecule has 1 aromatic carbocycles. The zero-order valence-corrected chi connectivity index (χ0v) is 14.7. The van der Waals surface area contributed by atoms with E-state index in [0.29, 0.717) is 4.96 Å². The highest BCUT2D eigenvalue weighted by molar-refractivity contribution is 7.15. The fraction of sp³-hybridized carbons (Fsp3) is 0.111. The van der Waals surface area contributed by atoms with Crippen molar-refractivity contribution in [2.45, 2.75) is 13.0 Å². The van der Waals surface area contributed by atoms with Crippen LogP contribution in [0.3, 0.4) is 0 Å². The number of benzene rings is 1. The molecular formula is C18H15N5O2S. The van der Waals surface area contributed by atoms with Gasteiger partial charge in [0.1, 0.15) is 6.20 Å². The molecule has 0 saturated heterocycles. The summed E-state index contributed by atoms with van der Waals surface area (Å²) in [5, 5.41) is 16.6. The van der Waals surface area contributed by atoms with Crippen LogP contribution in [0.2, 0.25) is 0 Å². The average molecular weight is 365 g/mol. The van der Waals surface area contributed by atoms with Gasteiger partial charge in [-0.1, -0.05) is 47.2 Å². The van der Waals surface area contributed by atoms with Crippen molar-refractivity contribution in [2.24, 2.45) is 0 Å². The molecule has 7 nitrogen and oxygen atoms in total. The second kappa shape index (κ2) is 6.57. The number of fused-ring (bicyclic) bond motifs is 1. The number of thiazole rings is 1. The molecule has 1 unspecified atom stereocenters. The minimum absolute atomic E-state index is 0.0742. The van der Waals surface area contributed by atoms with Crippen LogP contribution in [-0.4, -0.2) is 19.3 Å². The number of anilines is 1. The van der Waals surface area contributed by atoms with Crippen LogP contribution in [0.25, 0.3) is 4.96 Å². The van der Waals surface area contributed by atoms with E-state index in [1.54, 1.807) is 17.8 Å². The molecule has 0 bridgehead atoms. The third-order valence-electron chi connectivity index (χ3n) is 4.05. The predicted octanol–water partition coefficient (Wildman–Crippen LogP) is 4.21. The highest BCUT2D eigenvalue weighted by atomic mass is 32.1. The first-order chi connectivity index (χ1) is 12.6. The molecule has 130 valence electrons. The molecule has 26 heavy (non-hydrogen) atoms. The number of nitro groups is 1. The van der Waals surface area contributed by atoms with E-state index < -0.39 is 4.92 Å². The predicted molar refractivity (Wildman–Crippen MR) is 101 cm³/mol.